The van der Waals surface area contributed by atoms with E-state index in [1.165, 1.54) is 14.2 Å². The van der Waals surface area contributed by atoms with Crippen LogP contribution in [0, 0.1) is 0 Å². The lowest BCUT2D eigenvalue weighted by Crippen LogP contribution is -2.60. The largest absolute Gasteiger partial charge is 0.453 e. The van der Waals surface area contributed by atoms with Crippen molar-refractivity contribution in [2.45, 2.75) is 0 Å². The molecule has 124 valence electrons. The summed E-state index contributed by atoms with van der Waals surface area (Å²) in [6, 6.07) is 0. The van der Waals surface area contributed by atoms with Gasteiger partial charge in [0, 0.05) is 26.2 Å². The van der Waals surface area contributed by atoms with Gasteiger partial charge >= 0.3 is 12.2 Å². The highest BCUT2D eigenvalue weighted by molar-refractivity contribution is 7.80. The molecule has 0 atom stereocenters. The molecular formula is C10H18N6O4S2. The lowest BCUT2D eigenvalue weighted by atomic mass is 10.4. The van der Waals surface area contributed by atoms with Crippen LogP contribution in [0.15, 0.2) is 0 Å². The quantitative estimate of drug-likeness (QED) is 0.458. The Morgan fingerprint density at radius 3 is 1.41 bits per heavy atom. The number of nitrogens with one attached hydrogen (secondary N) is 4. The maximum Gasteiger partial charge on any atom is 0.413 e. The molecule has 22 heavy (non-hydrogen) atoms. The van der Waals surface area contributed by atoms with Gasteiger partial charge in [0.1, 0.15) is 0 Å². The highest BCUT2D eigenvalue weighted by atomic mass is 32.1. The average molecular weight is 350 g/mol. The Hall–Kier alpha value is -1.76. The highest BCUT2D eigenvalue weighted by Gasteiger charge is 2.19. The van der Waals surface area contributed by atoms with Crippen LogP contribution in [0.5, 0.6) is 0 Å². The van der Waals surface area contributed by atoms with Crippen molar-refractivity contribution in [3.8, 4) is 0 Å². The molecule has 0 saturated carbocycles. The third-order valence-corrected chi connectivity index (χ3v) is 2.99. The maximum atomic E-state index is 11.0. The summed E-state index contributed by atoms with van der Waals surface area (Å²) in [5, 5.41) is 8.72. The summed E-state index contributed by atoms with van der Waals surface area (Å²) < 4.78 is 8.88. The summed E-state index contributed by atoms with van der Waals surface area (Å²) in [6.45, 7) is 2.49. The molecule has 0 spiro atoms. The van der Waals surface area contributed by atoms with Gasteiger partial charge in [-0.3, -0.25) is 21.5 Å². The van der Waals surface area contributed by atoms with Crippen LogP contribution in [0.3, 0.4) is 0 Å². The number of rotatable bonds is 2. The number of piperazine rings is 1. The molecule has 2 amide bonds. The molecule has 1 aliphatic heterocycles. The zero-order valence-corrected chi connectivity index (χ0v) is 13.8. The van der Waals surface area contributed by atoms with E-state index in [0.29, 0.717) is 26.2 Å². The first-order valence-corrected chi connectivity index (χ1v) is 7.07. The van der Waals surface area contributed by atoms with Gasteiger partial charge in [-0.05, 0) is 24.4 Å². The lowest BCUT2D eigenvalue weighted by Gasteiger charge is -2.35. The molecule has 1 heterocycles. The van der Waals surface area contributed by atoms with Gasteiger partial charge in [-0.1, -0.05) is 0 Å². The molecule has 12 heteroatoms. The van der Waals surface area contributed by atoms with E-state index in [1.807, 2.05) is 10.0 Å². The smallest absolute Gasteiger partial charge is 0.413 e. The van der Waals surface area contributed by atoms with E-state index in [2.05, 4.69) is 31.0 Å². The molecule has 0 aliphatic carbocycles. The predicted octanol–water partition coefficient (Wildman–Crippen LogP) is -1.10. The van der Waals surface area contributed by atoms with E-state index in [4.69, 9.17) is 24.4 Å². The van der Waals surface area contributed by atoms with Gasteiger partial charge in [0.25, 0.3) is 0 Å². The first kappa shape index (κ1) is 18.3. The number of hydrogen-bond donors (Lipinski definition) is 4. The van der Waals surface area contributed by atoms with Crippen LogP contribution < -0.4 is 21.5 Å². The zero-order valence-electron chi connectivity index (χ0n) is 12.2. The fraction of sp³-hybridized carbons (Fsp3) is 0.600. The third kappa shape index (κ3) is 6.80. The standard InChI is InChI=1S/C10H18N6O4S2/c1-19-9(17)11-7(21)13-15-3-5-16(6-4-15)14-8(22)12-10(18)20-2/h3-6H2,1-2H3,(H2,11,13,17,21)(H2,12,14,18,22). The van der Waals surface area contributed by atoms with Crippen LogP contribution in [-0.4, -0.2) is 72.8 Å². The molecule has 1 saturated heterocycles. The molecule has 1 aliphatic rings. The monoisotopic (exact) mass is 350 g/mol. The Balaban J connectivity index is 2.25. The first-order valence-electron chi connectivity index (χ1n) is 6.25. The Labute approximate surface area is 138 Å². The molecular weight excluding hydrogens is 332 g/mol. The number of carbonyl (C=O) groups is 2. The number of ether oxygens (including phenoxy) is 2. The molecule has 0 aromatic carbocycles. The van der Waals surface area contributed by atoms with Crippen LogP contribution in [-0.2, 0) is 9.47 Å². The van der Waals surface area contributed by atoms with Gasteiger partial charge in [-0.25, -0.2) is 19.6 Å². The number of alkyl carbamates (subject to hydrolysis) is 2. The molecule has 0 aromatic rings. The maximum absolute atomic E-state index is 11.0. The fourth-order valence-electron chi connectivity index (χ4n) is 1.56. The first-order chi connectivity index (χ1) is 10.4. The minimum atomic E-state index is -0.628. The van der Waals surface area contributed by atoms with Crippen molar-refractivity contribution < 1.29 is 19.1 Å². The molecule has 10 nitrogen and oxygen atoms in total. The Morgan fingerprint density at radius 1 is 0.818 bits per heavy atom. The van der Waals surface area contributed by atoms with E-state index in [9.17, 15) is 9.59 Å². The van der Waals surface area contributed by atoms with Gasteiger partial charge in [0.2, 0.25) is 0 Å². The van der Waals surface area contributed by atoms with Gasteiger partial charge in [-0.2, -0.15) is 0 Å². The molecule has 0 aromatic heterocycles. The summed E-state index contributed by atoms with van der Waals surface area (Å²) in [5.74, 6) is 0. The molecule has 0 unspecified atom stereocenters. The Bertz CT molecular complexity index is 401. The van der Waals surface area contributed by atoms with Crippen LogP contribution in [0.25, 0.3) is 0 Å². The summed E-state index contributed by atoms with van der Waals surface area (Å²) in [7, 11) is 2.52. The second-order valence-corrected chi connectivity index (χ2v) is 4.91. The van der Waals surface area contributed by atoms with E-state index in [1.54, 1.807) is 0 Å². The van der Waals surface area contributed by atoms with Crippen molar-refractivity contribution in [2.75, 3.05) is 40.4 Å². The number of hydrogen-bond acceptors (Lipinski definition) is 8. The molecule has 1 fully saturated rings. The van der Waals surface area contributed by atoms with E-state index < -0.39 is 12.2 Å². The lowest BCUT2D eigenvalue weighted by molar-refractivity contribution is 0.0930. The number of hydrazine groups is 2. The van der Waals surface area contributed by atoms with Crippen molar-refractivity contribution in [2.24, 2.45) is 0 Å². The molecule has 4 N–H and O–H groups in total. The average Bonchev–Trinajstić information content (AvgIpc) is 2.48. The number of methoxy groups -OCH3 is 2. The molecule has 0 radical (unpaired) electrons. The van der Waals surface area contributed by atoms with E-state index in [0.717, 1.165) is 0 Å². The van der Waals surface area contributed by atoms with Crippen LogP contribution >= 0.6 is 24.4 Å². The minimum Gasteiger partial charge on any atom is -0.453 e. The van der Waals surface area contributed by atoms with Gasteiger partial charge < -0.3 is 9.47 Å². The fourth-order valence-corrected chi connectivity index (χ4v) is 1.99. The normalized spacial score (nSPS) is 15.4. The predicted molar refractivity (Wildman–Crippen MR) is 85.7 cm³/mol. The second kappa shape index (κ2) is 9.30. The van der Waals surface area contributed by atoms with E-state index in [-0.39, 0.29) is 10.2 Å². The van der Waals surface area contributed by atoms with Crippen LogP contribution in [0.1, 0.15) is 0 Å². The van der Waals surface area contributed by atoms with Crippen molar-refractivity contribution in [3.63, 3.8) is 0 Å². The highest BCUT2D eigenvalue weighted by Crippen LogP contribution is 1.96. The molecule has 1 rings (SSSR count). The topological polar surface area (TPSA) is 107 Å². The van der Waals surface area contributed by atoms with Crippen LogP contribution in [0.4, 0.5) is 9.59 Å². The summed E-state index contributed by atoms with van der Waals surface area (Å²) in [5.41, 5.74) is 5.75. The van der Waals surface area contributed by atoms with Gasteiger partial charge in [0.05, 0.1) is 14.2 Å². The van der Waals surface area contributed by atoms with Crippen molar-refractivity contribution in [1.82, 2.24) is 31.5 Å². The SMILES string of the molecule is COC(=O)NC(=S)NN1CCN(NC(=S)NC(=O)OC)CC1. The van der Waals surface area contributed by atoms with Gasteiger partial charge in [0.15, 0.2) is 10.2 Å². The van der Waals surface area contributed by atoms with Crippen LogP contribution in [0.2, 0.25) is 0 Å². The third-order valence-electron chi connectivity index (χ3n) is 2.60. The van der Waals surface area contributed by atoms with Gasteiger partial charge in [-0.15, -0.1) is 0 Å². The number of carbonyl (C=O) groups excluding carboxylic acids is 2. The van der Waals surface area contributed by atoms with Crippen molar-refractivity contribution in [3.05, 3.63) is 0 Å². The summed E-state index contributed by atoms with van der Waals surface area (Å²) in [6.07, 6.45) is -1.26. The number of thiocarbonyl (C=S) groups is 2. The summed E-state index contributed by atoms with van der Waals surface area (Å²) in [4.78, 5) is 22.0. The van der Waals surface area contributed by atoms with Crippen molar-refractivity contribution >= 4 is 46.8 Å². The molecule has 0 bridgehead atoms. The second-order valence-electron chi connectivity index (χ2n) is 4.09. The van der Waals surface area contributed by atoms with E-state index >= 15 is 0 Å². The van der Waals surface area contributed by atoms with Crippen molar-refractivity contribution in [1.29, 1.82) is 0 Å². The number of nitrogens with zero attached hydrogens (tertiary/aromatic N) is 2. The number of amides is 2. The minimum absolute atomic E-state index is 0.163. The summed E-state index contributed by atoms with van der Waals surface area (Å²) >= 11 is 9.92. The Kier molecular flexibility index (Phi) is 7.73. The zero-order chi connectivity index (χ0) is 16.5. The Morgan fingerprint density at radius 2 is 1.14 bits per heavy atom.